The highest BCUT2D eigenvalue weighted by Crippen LogP contribution is 2.38. The first-order chi connectivity index (χ1) is 8.85. The molecule has 1 aliphatic rings. The van der Waals surface area contributed by atoms with E-state index in [9.17, 15) is 0 Å². The van der Waals surface area contributed by atoms with E-state index in [2.05, 4.69) is 23.3 Å². The summed E-state index contributed by atoms with van der Waals surface area (Å²) in [6.45, 7) is 5.06. The molecule has 0 spiro atoms. The van der Waals surface area contributed by atoms with Gasteiger partial charge in [0.2, 0.25) is 0 Å². The molecule has 0 radical (unpaired) electrons. The minimum atomic E-state index is 0.164. The van der Waals surface area contributed by atoms with E-state index < -0.39 is 0 Å². The lowest BCUT2D eigenvalue weighted by molar-refractivity contribution is -0.103. The molecule has 3 nitrogen and oxygen atoms in total. The van der Waals surface area contributed by atoms with Gasteiger partial charge in [0, 0.05) is 18.3 Å². The summed E-state index contributed by atoms with van der Waals surface area (Å²) in [7, 11) is 0. The topological polar surface area (TPSA) is 34.1 Å². The van der Waals surface area contributed by atoms with Gasteiger partial charge in [-0.1, -0.05) is 13.0 Å². The van der Waals surface area contributed by atoms with E-state index in [4.69, 9.17) is 4.74 Å². The van der Waals surface area contributed by atoms with Crippen LogP contribution in [-0.4, -0.2) is 30.3 Å². The summed E-state index contributed by atoms with van der Waals surface area (Å²) in [5.74, 6) is 0. The number of rotatable bonds is 8. The van der Waals surface area contributed by atoms with E-state index in [1.54, 1.807) is 0 Å². The van der Waals surface area contributed by atoms with Crippen LogP contribution in [0.2, 0.25) is 0 Å². The fourth-order valence-corrected chi connectivity index (χ4v) is 2.45. The third-order valence-corrected chi connectivity index (χ3v) is 3.76. The molecule has 0 aromatic carbocycles. The van der Waals surface area contributed by atoms with Crippen molar-refractivity contribution in [1.29, 1.82) is 0 Å². The van der Waals surface area contributed by atoms with Crippen LogP contribution in [0, 0.1) is 0 Å². The number of ether oxygens (including phenoxy) is 1. The normalized spacial score (nSPS) is 17.4. The lowest BCUT2D eigenvalue weighted by atomic mass is 9.77. The molecule has 1 aromatic heterocycles. The lowest BCUT2D eigenvalue weighted by Crippen LogP contribution is -2.43. The van der Waals surface area contributed by atoms with Crippen LogP contribution in [-0.2, 0) is 11.2 Å². The Morgan fingerprint density at radius 1 is 1.39 bits per heavy atom. The van der Waals surface area contributed by atoms with E-state index in [-0.39, 0.29) is 5.60 Å². The Morgan fingerprint density at radius 3 is 2.89 bits per heavy atom. The van der Waals surface area contributed by atoms with Crippen molar-refractivity contribution in [3.05, 3.63) is 30.1 Å². The molecule has 1 saturated carbocycles. The highest BCUT2D eigenvalue weighted by atomic mass is 16.5. The van der Waals surface area contributed by atoms with E-state index in [0.29, 0.717) is 0 Å². The minimum absolute atomic E-state index is 0.164. The second-order valence-electron chi connectivity index (χ2n) is 5.06. The maximum atomic E-state index is 6.14. The van der Waals surface area contributed by atoms with Gasteiger partial charge in [-0.2, -0.15) is 0 Å². The zero-order chi connectivity index (χ0) is 12.7. The average molecular weight is 248 g/mol. The van der Waals surface area contributed by atoms with Crippen LogP contribution in [0.3, 0.4) is 0 Å². The van der Waals surface area contributed by atoms with Crippen molar-refractivity contribution in [1.82, 2.24) is 10.3 Å². The second kappa shape index (κ2) is 6.86. The standard InChI is InChI=1S/C15H24N2O/c1-2-16-12-10-15(8-5-9-15)18-13-7-14-6-3-4-11-17-14/h3-4,6,11,16H,2,5,7-10,12-13H2,1H3. The van der Waals surface area contributed by atoms with Crippen molar-refractivity contribution in [3.8, 4) is 0 Å². The smallest absolute Gasteiger partial charge is 0.0694 e. The molecule has 1 aliphatic carbocycles. The Bertz CT molecular complexity index is 336. The second-order valence-corrected chi connectivity index (χ2v) is 5.06. The van der Waals surface area contributed by atoms with E-state index in [1.165, 1.54) is 19.3 Å². The molecule has 1 aromatic rings. The predicted molar refractivity (Wildman–Crippen MR) is 73.6 cm³/mol. The number of aromatic nitrogens is 1. The molecule has 0 saturated heterocycles. The van der Waals surface area contributed by atoms with Crippen molar-refractivity contribution in [3.63, 3.8) is 0 Å². The molecule has 1 fully saturated rings. The lowest BCUT2D eigenvalue weighted by Gasteiger charge is -2.42. The number of nitrogens with zero attached hydrogens (tertiary/aromatic N) is 1. The molecule has 0 bridgehead atoms. The molecule has 2 rings (SSSR count). The average Bonchev–Trinajstić information content (AvgIpc) is 2.36. The zero-order valence-corrected chi connectivity index (χ0v) is 11.3. The Labute approximate surface area is 110 Å². The minimum Gasteiger partial charge on any atom is -0.375 e. The Morgan fingerprint density at radius 2 is 2.28 bits per heavy atom. The fraction of sp³-hybridized carbons (Fsp3) is 0.667. The molecule has 0 unspecified atom stereocenters. The van der Waals surface area contributed by atoms with E-state index in [0.717, 1.165) is 38.2 Å². The number of pyridine rings is 1. The fourth-order valence-electron chi connectivity index (χ4n) is 2.45. The predicted octanol–water partition coefficient (Wildman–Crippen LogP) is 2.56. The SMILES string of the molecule is CCNCCC1(OCCc2ccccn2)CCC1. The van der Waals surface area contributed by atoms with Gasteiger partial charge < -0.3 is 10.1 Å². The van der Waals surface area contributed by atoms with Gasteiger partial charge in [0.05, 0.1) is 12.2 Å². The van der Waals surface area contributed by atoms with Crippen LogP contribution in [0.25, 0.3) is 0 Å². The molecule has 0 amide bonds. The van der Waals surface area contributed by atoms with Gasteiger partial charge in [0.15, 0.2) is 0 Å². The number of hydrogen-bond acceptors (Lipinski definition) is 3. The summed E-state index contributed by atoms with van der Waals surface area (Å²) in [5, 5.41) is 3.39. The van der Waals surface area contributed by atoms with Crippen molar-refractivity contribution >= 4 is 0 Å². The van der Waals surface area contributed by atoms with Crippen molar-refractivity contribution in [2.45, 2.75) is 44.6 Å². The van der Waals surface area contributed by atoms with Gasteiger partial charge in [0.25, 0.3) is 0 Å². The molecule has 100 valence electrons. The van der Waals surface area contributed by atoms with E-state index >= 15 is 0 Å². The molecule has 1 heterocycles. The quantitative estimate of drug-likeness (QED) is 0.718. The van der Waals surface area contributed by atoms with E-state index in [1.807, 2.05) is 18.3 Å². The van der Waals surface area contributed by atoms with Crippen LogP contribution in [0.4, 0.5) is 0 Å². The van der Waals surface area contributed by atoms with Crippen LogP contribution in [0.5, 0.6) is 0 Å². The molecule has 1 N–H and O–H groups in total. The Balaban J connectivity index is 1.70. The number of hydrogen-bond donors (Lipinski definition) is 1. The largest absolute Gasteiger partial charge is 0.375 e. The monoisotopic (exact) mass is 248 g/mol. The van der Waals surface area contributed by atoms with Gasteiger partial charge in [-0.05, 0) is 50.9 Å². The molecule has 0 atom stereocenters. The highest BCUT2D eigenvalue weighted by molar-refractivity contribution is 5.03. The zero-order valence-electron chi connectivity index (χ0n) is 11.3. The third-order valence-electron chi connectivity index (χ3n) is 3.76. The Kier molecular flexibility index (Phi) is 5.14. The van der Waals surface area contributed by atoms with Gasteiger partial charge in [0.1, 0.15) is 0 Å². The summed E-state index contributed by atoms with van der Waals surface area (Å²) in [6.07, 6.45) is 7.67. The van der Waals surface area contributed by atoms with Crippen LogP contribution >= 0.6 is 0 Å². The molecular weight excluding hydrogens is 224 g/mol. The van der Waals surface area contributed by atoms with Gasteiger partial charge in [-0.25, -0.2) is 0 Å². The van der Waals surface area contributed by atoms with Crippen molar-refractivity contribution < 1.29 is 4.74 Å². The van der Waals surface area contributed by atoms with Crippen LogP contribution in [0.1, 0.15) is 38.3 Å². The first kappa shape index (κ1) is 13.5. The third kappa shape index (κ3) is 3.79. The first-order valence-corrected chi connectivity index (χ1v) is 7.09. The summed E-state index contributed by atoms with van der Waals surface area (Å²) < 4.78 is 6.14. The maximum Gasteiger partial charge on any atom is 0.0694 e. The summed E-state index contributed by atoms with van der Waals surface area (Å²) in [6, 6.07) is 6.05. The highest BCUT2D eigenvalue weighted by Gasteiger charge is 2.37. The van der Waals surface area contributed by atoms with Crippen LogP contribution < -0.4 is 5.32 Å². The molecule has 3 heteroatoms. The molecule has 0 aliphatic heterocycles. The van der Waals surface area contributed by atoms with Gasteiger partial charge >= 0.3 is 0 Å². The molecular formula is C15H24N2O. The Hall–Kier alpha value is -0.930. The molecule has 18 heavy (non-hydrogen) atoms. The summed E-state index contributed by atoms with van der Waals surface area (Å²) >= 11 is 0. The van der Waals surface area contributed by atoms with Crippen molar-refractivity contribution in [2.75, 3.05) is 19.7 Å². The maximum absolute atomic E-state index is 6.14. The van der Waals surface area contributed by atoms with Crippen molar-refractivity contribution in [2.24, 2.45) is 0 Å². The van der Waals surface area contributed by atoms with Gasteiger partial charge in [-0.15, -0.1) is 0 Å². The number of nitrogens with one attached hydrogen (secondary N) is 1. The summed E-state index contributed by atoms with van der Waals surface area (Å²) in [5.41, 5.74) is 1.29. The van der Waals surface area contributed by atoms with Gasteiger partial charge in [-0.3, -0.25) is 4.98 Å². The first-order valence-electron chi connectivity index (χ1n) is 7.09. The summed E-state index contributed by atoms with van der Waals surface area (Å²) in [4.78, 5) is 4.33. The van der Waals surface area contributed by atoms with Crippen LogP contribution in [0.15, 0.2) is 24.4 Å².